The lowest BCUT2D eigenvalue weighted by molar-refractivity contribution is -0.140. The quantitative estimate of drug-likeness (QED) is 0.189. The summed E-state index contributed by atoms with van der Waals surface area (Å²) in [7, 11) is 1.37. The first-order chi connectivity index (χ1) is 22.0. The highest BCUT2D eigenvalue weighted by Gasteiger charge is 2.52. The molecule has 1 aliphatic heterocycles. The highest BCUT2D eigenvalue weighted by molar-refractivity contribution is 6.47. The monoisotopic (exact) mass is 683 g/mol. The molecule has 1 saturated carbocycles. The van der Waals surface area contributed by atoms with Crippen molar-refractivity contribution in [2.45, 2.75) is 111 Å². The molecule has 1 aliphatic carbocycles. The number of carbonyl (C=O) groups excluding carboxylic acids is 3. The summed E-state index contributed by atoms with van der Waals surface area (Å²) >= 11 is 12.8. The third kappa shape index (κ3) is 9.38. The van der Waals surface area contributed by atoms with Gasteiger partial charge in [0.1, 0.15) is 11.4 Å². The molecular weight excluding hydrogens is 633 g/mol. The summed E-state index contributed by atoms with van der Waals surface area (Å²) < 4.78 is 4.68. The topological polar surface area (TPSA) is 88.1 Å². The number of esters is 1. The second-order valence-corrected chi connectivity index (χ2v) is 16.3. The highest BCUT2D eigenvalue weighted by atomic mass is 35.5. The predicted octanol–water partition coefficient (Wildman–Crippen LogP) is 9.20. The molecule has 9 heteroatoms. The molecule has 7 nitrogen and oxygen atoms in total. The zero-order valence-electron chi connectivity index (χ0n) is 29.1. The van der Waals surface area contributed by atoms with E-state index in [0.717, 1.165) is 44.1 Å². The van der Waals surface area contributed by atoms with Crippen LogP contribution >= 0.6 is 23.2 Å². The first-order valence-corrected chi connectivity index (χ1v) is 17.6. The van der Waals surface area contributed by atoms with Gasteiger partial charge in [-0.15, -0.1) is 0 Å². The van der Waals surface area contributed by atoms with Crippen molar-refractivity contribution in [2.24, 2.45) is 21.7 Å². The fourth-order valence-corrected chi connectivity index (χ4v) is 7.42. The minimum absolute atomic E-state index is 0.0515. The van der Waals surface area contributed by atoms with Gasteiger partial charge in [0.05, 0.1) is 13.2 Å². The van der Waals surface area contributed by atoms with Crippen molar-refractivity contribution < 1.29 is 19.1 Å². The van der Waals surface area contributed by atoms with Crippen LogP contribution in [0.3, 0.4) is 0 Å². The molecule has 0 aromatic heterocycles. The van der Waals surface area contributed by atoms with E-state index >= 15 is 0 Å². The normalized spacial score (nSPS) is 20.7. The van der Waals surface area contributed by atoms with Gasteiger partial charge in [-0.1, -0.05) is 76.9 Å². The van der Waals surface area contributed by atoms with E-state index < -0.39 is 5.66 Å². The van der Waals surface area contributed by atoms with E-state index in [4.69, 9.17) is 28.2 Å². The Hall–Kier alpha value is -2.90. The highest BCUT2D eigenvalue weighted by Crippen LogP contribution is 2.50. The Kier molecular flexibility index (Phi) is 11.9. The molecule has 1 N–H and O–H groups in total. The summed E-state index contributed by atoms with van der Waals surface area (Å²) in [6.07, 6.45) is 6.83. The molecule has 1 fully saturated rings. The average molecular weight is 685 g/mol. The van der Waals surface area contributed by atoms with Gasteiger partial charge in [0.2, 0.25) is 0 Å². The fourth-order valence-electron chi connectivity index (χ4n) is 6.89. The molecule has 1 heterocycles. The van der Waals surface area contributed by atoms with E-state index in [-0.39, 0.29) is 34.7 Å². The van der Waals surface area contributed by atoms with Crippen molar-refractivity contribution in [3.8, 4) is 0 Å². The summed E-state index contributed by atoms with van der Waals surface area (Å²) in [5, 5.41) is 3.88. The van der Waals surface area contributed by atoms with E-state index in [1.807, 2.05) is 24.3 Å². The van der Waals surface area contributed by atoms with Crippen molar-refractivity contribution in [1.29, 1.82) is 0 Å². The minimum atomic E-state index is -0.675. The van der Waals surface area contributed by atoms with E-state index in [1.54, 1.807) is 18.2 Å². The van der Waals surface area contributed by atoms with E-state index in [0.29, 0.717) is 58.6 Å². The van der Waals surface area contributed by atoms with Crippen LogP contribution in [0.2, 0.25) is 10.0 Å². The summed E-state index contributed by atoms with van der Waals surface area (Å²) in [6.45, 7) is 14.0. The largest absolute Gasteiger partial charge is 0.469 e. The molecule has 2 amide bonds. The Morgan fingerprint density at radius 3 is 2.17 bits per heavy atom. The molecule has 0 radical (unpaired) electrons. The Morgan fingerprint density at radius 2 is 1.62 bits per heavy atom. The maximum absolute atomic E-state index is 14.6. The number of rotatable bonds is 11. The van der Waals surface area contributed by atoms with Crippen LogP contribution in [0.25, 0.3) is 0 Å². The smallest absolute Gasteiger partial charge is 0.305 e. The maximum Gasteiger partial charge on any atom is 0.305 e. The van der Waals surface area contributed by atoms with Gasteiger partial charge in [-0.3, -0.25) is 19.4 Å². The van der Waals surface area contributed by atoms with Crippen LogP contribution in [0, 0.1) is 16.7 Å². The predicted molar refractivity (Wildman–Crippen MR) is 190 cm³/mol. The number of ether oxygens (including phenoxy) is 1. The maximum atomic E-state index is 14.6. The van der Waals surface area contributed by atoms with Crippen molar-refractivity contribution in [1.82, 2.24) is 10.2 Å². The fraction of sp³-hybridized carbons (Fsp3) is 0.579. The molecule has 1 atom stereocenters. The van der Waals surface area contributed by atoms with Gasteiger partial charge in [-0.25, -0.2) is 0 Å². The van der Waals surface area contributed by atoms with Crippen LogP contribution in [0.4, 0.5) is 0 Å². The molecule has 2 aromatic carbocycles. The zero-order valence-corrected chi connectivity index (χ0v) is 30.6. The van der Waals surface area contributed by atoms with Crippen molar-refractivity contribution >= 4 is 46.7 Å². The number of nitrogens with zero attached hydrogens (tertiary/aromatic N) is 2. The van der Waals surface area contributed by atoms with Gasteiger partial charge in [-0.2, -0.15) is 0 Å². The van der Waals surface area contributed by atoms with Gasteiger partial charge < -0.3 is 15.0 Å². The number of methoxy groups -OCH3 is 1. The SMILES string of the molecule is COC(=O)CCCCNC(=O)c1ccc([C@@H](CCC(C)(C)C)N2C(=O)C(c3cc(Cl)cc(Cl)c3)=NC23CCC(C(C)(C)C)CC3)cc1. The van der Waals surface area contributed by atoms with Crippen LogP contribution in [-0.2, 0) is 14.3 Å². The number of halogens is 2. The van der Waals surface area contributed by atoms with Gasteiger partial charge in [0.15, 0.2) is 0 Å². The van der Waals surface area contributed by atoms with Gasteiger partial charge in [-0.05, 0) is 104 Å². The number of carbonyl (C=O) groups is 3. The van der Waals surface area contributed by atoms with Crippen LogP contribution < -0.4 is 5.32 Å². The van der Waals surface area contributed by atoms with Crippen molar-refractivity contribution in [3.63, 3.8) is 0 Å². The molecule has 256 valence electrons. The molecule has 0 saturated heterocycles. The number of aliphatic imine (C=N–C) groups is 1. The Balaban J connectivity index is 1.65. The van der Waals surface area contributed by atoms with E-state index in [9.17, 15) is 14.4 Å². The van der Waals surface area contributed by atoms with Crippen LogP contribution in [0.1, 0.15) is 127 Å². The van der Waals surface area contributed by atoms with Gasteiger partial charge in [0, 0.05) is 34.1 Å². The number of hydrogen-bond donors (Lipinski definition) is 1. The number of nitrogens with one attached hydrogen (secondary N) is 1. The molecule has 47 heavy (non-hydrogen) atoms. The van der Waals surface area contributed by atoms with Gasteiger partial charge >= 0.3 is 5.97 Å². The summed E-state index contributed by atoms with van der Waals surface area (Å²) in [6, 6.07) is 12.6. The minimum Gasteiger partial charge on any atom is -0.469 e. The number of hydrogen-bond acceptors (Lipinski definition) is 5. The number of unbranched alkanes of at least 4 members (excludes halogenated alkanes) is 1. The second-order valence-electron chi connectivity index (χ2n) is 15.4. The van der Waals surface area contributed by atoms with Crippen LogP contribution in [0.15, 0.2) is 47.5 Å². The molecular formula is C38H51Cl2N3O4. The lowest BCUT2D eigenvalue weighted by Gasteiger charge is -2.47. The molecule has 0 unspecified atom stereocenters. The Morgan fingerprint density at radius 1 is 1.00 bits per heavy atom. The first-order valence-electron chi connectivity index (χ1n) is 16.9. The average Bonchev–Trinajstić information content (AvgIpc) is 3.26. The van der Waals surface area contributed by atoms with Crippen LogP contribution in [-0.4, -0.2) is 47.7 Å². The van der Waals surface area contributed by atoms with E-state index in [1.165, 1.54) is 7.11 Å². The first kappa shape index (κ1) is 36.9. The Bertz CT molecular complexity index is 1440. The standard InChI is InChI=1S/C38H51Cl2N3O4/c1-36(2,3)18-17-31(25-11-13-26(14-12-25)34(45)41-21-9-8-10-32(44)47-7)43-35(46)33(27-22-29(39)24-30(40)23-27)42-38(43)19-15-28(16-20-38)37(4,5)6/h11-14,22-24,28,31H,8-10,15-21H2,1-7H3,(H,41,45)/t28?,31-,38?/m1/s1. The second kappa shape index (κ2) is 15.1. The Labute approximate surface area is 290 Å². The summed E-state index contributed by atoms with van der Waals surface area (Å²) in [5.41, 5.74) is 2.13. The molecule has 4 rings (SSSR count). The molecule has 2 aromatic rings. The summed E-state index contributed by atoms with van der Waals surface area (Å²) in [5.74, 6) is 0.0160. The van der Waals surface area contributed by atoms with Crippen molar-refractivity contribution in [3.05, 3.63) is 69.2 Å². The third-order valence-corrected chi connectivity index (χ3v) is 10.1. The molecule has 2 aliphatic rings. The van der Waals surface area contributed by atoms with Crippen LogP contribution in [0.5, 0.6) is 0 Å². The lowest BCUT2D eigenvalue weighted by Crippen LogP contribution is -2.51. The number of amides is 2. The summed E-state index contributed by atoms with van der Waals surface area (Å²) in [4.78, 5) is 46.3. The lowest BCUT2D eigenvalue weighted by atomic mass is 9.69. The third-order valence-electron chi connectivity index (χ3n) is 9.69. The molecule has 1 spiro atoms. The zero-order chi connectivity index (χ0) is 34.6. The van der Waals surface area contributed by atoms with Gasteiger partial charge in [0.25, 0.3) is 11.8 Å². The molecule has 0 bridgehead atoms. The number of benzene rings is 2. The van der Waals surface area contributed by atoms with Crippen molar-refractivity contribution in [2.75, 3.05) is 13.7 Å². The van der Waals surface area contributed by atoms with E-state index in [2.05, 4.69) is 56.5 Å².